The summed E-state index contributed by atoms with van der Waals surface area (Å²) in [6.07, 6.45) is 1.71. The van der Waals surface area contributed by atoms with E-state index in [-0.39, 0.29) is 6.79 Å². The maximum absolute atomic E-state index is 13.0. The number of methoxy groups -OCH3 is 1. The zero-order valence-electron chi connectivity index (χ0n) is 21.4. The van der Waals surface area contributed by atoms with Gasteiger partial charge >= 0.3 is 5.97 Å². The minimum Gasteiger partial charge on any atom is -0.497 e. The van der Waals surface area contributed by atoms with Crippen LogP contribution in [0.3, 0.4) is 0 Å². The number of hydrogen-bond donors (Lipinski definition) is 1. The minimum atomic E-state index is -0.878. The lowest BCUT2D eigenvalue weighted by Gasteiger charge is -2.25. The third-order valence-electron chi connectivity index (χ3n) is 6.98. The predicted octanol–water partition coefficient (Wildman–Crippen LogP) is 5.98. The molecular formula is C30H32O7. The van der Waals surface area contributed by atoms with E-state index in [0.717, 1.165) is 40.8 Å². The molecule has 0 bridgehead atoms. The molecule has 7 nitrogen and oxygen atoms in total. The molecule has 0 saturated heterocycles. The Morgan fingerprint density at radius 3 is 2.32 bits per heavy atom. The second-order valence-corrected chi connectivity index (χ2v) is 9.32. The lowest BCUT2D eigenvalue weighted by atomic mass is 9.79. The summed E-state index contributed by atoms with van der Waals surface area (Å²) in [5.74, 6) is 0.822. The Bertz CT molecular complexity index is 1280. The van der Waals surface area contributed by atoms with Crippen molar-refractivity contribution in [1.82, 2.24) is 0 Å². The summed E-state index contributed by atoms with van der Waals surface area (Å²) in [6, 6.07) is 17.2. The van der Waals surface area contributed by atoms with Crippen LogP contribution < -0.4 is 23.7 Å². The Labute approximate surface area is 216 Å². The van der Waals surface area contributed by atoms with Crippen molar-refractivity contribution < 1.29 is 33.6 Å². The number of aliphatic carboxylic acids is 1. The highest BCUT2D eigenvalue weighted by atomic mass is 16.7. The molecule has 1 N–H and O–H groups in total. The van der Waals surface area contributed by atoms with Gasteiger partial charge in [-0.15, -0.1) is 0 Å². The topological polar surface area (TPSA) is 83.5 Å². The molecule has 0 spiro atoms. The molecule has 3 aromatic rings. The Kier molecular flexibility index (Phi) is 7.12. The minimum absolute atomic E-state index is 0.160. The van der Waals surface area contributed by atoms with E-state index in [2.05, 4.69) is 6.92 Å². The maximum atomic E-state index is 13.0. The number of ether oxygens (including phenoxy) is 5. The van der Waals surface area contributed by atoms with Gasteiger partial charge in [0.25, 0.3) is 0 Å². The van der Waals surface area contributed by atoms with Gasteiger partial charge in [-0.2, -0.15) is 0 Å². The van der Waals surface area contributed by atoms with Crippen molar-refractivity contribution in [2.75, 3.05) is 27.1 Å². The predicted molar refractivity (Wildman–Crippen MR) is 138 cm³/mol. The van der Waals surface area contributed by atoms with Gasteiger partial charge in [-0.05, 0) is 59.9 Å². The van der Waals surface area contributed by atoms with Crippen molar-refractivity contribution >= 4 is 5.97 Å². The Morgan fingerprint density at radius 2 is 1.57 bits per heavy atom. The molecule has 0 saturated carbocycles. The number of hydrogen-bond acceptors (Lipinski definition) is 6. The standard InChI is InChI=1S/C30H32O7/c1-4-12-34-20-8-9-21-23(15-20)28(22-10-7-19(33-3)16-25(22)35-13-5-2)29(30(31)32)27(21)18-6-11-24-26(14-18)37-17-36-24/h6-11,14-16,27-29H,4-5,12-13,17H2,1-3H3,(H,31,32)/t27-,28+,29+/m1/s1. The number of rotatable bonds is 10. The summed E-state index contributed by atoms with van der Waals surface area (Å²) in [5, 5.41) is 10.7. The fourth-order valence-electron chi connectivity index (χ4n) is 5.37. The number of carboxylic acid groups (broad SMARTS) is 1. The highest BCUT2D eigenvalue weighted by molar-refractivity contribution is 5.78. The molecule has 194 valence electrons. The smallest absolute Gasteiger partial charge is 0.308 e. The van der Waals surface area contributed by atoms with Crippen LogP contribution in [0.1, 0.15) is 60.8 Å². The monoisotopic (exact) mass is 504 g/mol. The summed E-state index contributed by atoms with van der Waals surface area (Å²) in [4.78, 5) is 13.0. The van der Waals surface area contributed by atoms with Crippen LogP contribution in [0, 0.1) is 5.92 Å². The zero-order valence-corrected chi connectivity index (χ0v) is 21.4. The van der Waals surface area contributed by atoms with Crippen LogP contribution in [0.2, 0.25) is 0 Å². The lowest BCUT2D eigenvalue weighted by molar-refractivity contribution is -0.142. The van der Waals surface area contributed by atoms with E-state index in [4.69, 9.17) is 23.7 Å². The normalized spacial score (nSPS) is 19.4. The first-order chi connectivity index (χ1) is 18.0. The first kappa shape index (κ1) is 24.8. The van der Waals surface area contributed by atoms with Gasteiger partial charge in [0.1, 0.15) is 17.2 Å². The number of carboxylic acids is 1. The molecule has 0 radical (unpaired) electrons. The molecule has 3 atom stereocenters. The van der Waals surface area contributed by atoms with Gasteiger partial charge in [-0.25, -0.2) is 0 Å². The molecule has 7 heteroatoms. The molecule has 3 aromatic carbocycles. The number of carbonyl (C=O) groups is 1. The molecule has 0 amide bonds. The van der Waals surface area contributed by atoms with E-state index in [9.17, 15) is 9.90 Å². The van der Waals surface area contributed by atoms with Crippen molar-refractivity contribution in [3.05, 3.63) is 76.9 Å². The Hall–Kier alpha value is -3.87. The molecule has 2 aliphatic rings. The van der Waals surface area contributed by atoms with Crippen molar-refractivity contribution in [3.63, 3.8) is 0 Å². The van der Waals surface area contributed by atoms with Crippen molar-refractivity contribution in [3.8, 4) is 28.7 Å². The van der Waals surface area contributed by atoms with Gasteiger partial charge in [0.15, 0.2) is 11.5 Å². The molecule has 1 aliphatic heterocycles. The van der Waals surface area contributed by atoms with Crippen LogP contribution >= 0.6 is 0 Å². The lowest BCUT2D eigenvalue weighted by Crippen LogP contribution is -2.24. The molecular weight excluding hydrogens is 472 g/mol. The molecule has 0 aromatic heterocycles. The average Bonchev–Trinajstić information content (AvgIpc) is 3.52. The van der Waals surface area contributed by atoms with Gasteiger partial charge in [0, 0.05) is 23.5 Å². The highest BCUT2D eigenvalue weighted by Crippen LogP contribution is 2.56. The zero-order chi connectivity index (χ0) is 25.9. The van der Waals surface area contributed by atoms with Crippen molar-refractivity contribution in [2.24, 2.45) is 5.92 Å². The van der Waals surface area contributed by atoms with Crippen LogP contribution in [-0.2, 0) is 4.79 Å². The third kappa shape index (κ3) is 4.66. The third-order valence-corrected chi connectivity index (χ3v) is 6.98. The van der Waals surface area contributed by atoms with Crippen LogP contribution in [0.25, 0.3) is 0 Å². The van der Waals surface area contributed by atoms with Crippen molar-refractivity contribution in [1.29, 1.82) is 0 Å². The van der Waals surface area contributed by atoms with Crippen LogP contribution in [-0.4, -0.2) is 38.2 Å². The molecule has 5 rings (SSSR count). The summed E-state index contributed by atoms with van der Waals surface area (Å²) in [5.41, 5.74) is 3.57. The maximum Gasteiger partial charge on any atom is 0.308 e. The van der Waals surface area contributed by atoms with Crippen LogP contribution in [0.15, 0.2) is 54.6 Å². The first-order valence-electron chi connectivity index (χ1n) is 12.7. The fraction of sp³-hybridized carbons (Fsp3) is 0.367. The summed E-state index contributed by atoms with van der Waals surface area (Å²) in [7, 11) is 1.61. The number of benzene rings is 3. The second kappa shape index (κ2) is 10.6. The van der Waals surface area contributed by atoms with Crippen LogP contribution in [0.5, 0.6) is 28.7 Å². The average molecular weight is 505 g/mol. The Morgan fingerprint density at radius 1 is 0.838 bits per heavy atom. The summed E-state index contributed by atoms with van der Waals surface area (Å²) < 4.78 is 28.7. The van der Waals surface area contributed by atoms with Crippen molar-refractivity contribution in [2.45, 2.75) is 38.5 Å². The summed E-state index contributed by atoms with van der Waals surface area (Å²) in [6.45, 7) is 5.36. The molecule has 37 heavy (non-hydrogen) atoms. The summed E-state index contributed by atoms with van der Waals surface area (Å²) >= 11 is 0. The van der Waals surface area contributed by atoms with E-state index in [1.807, 2.05) is 61.5 Å². The van der Waals surface area contributed by atoms with E-state index >= 15 is 0 Å². The molecule has 0 unspecified atom stereocenters. The van der Waals surface area contributed by atoms with Gasteiger partial charge in [0.05, 0.1) is 26.2 Å². The van der Waals surface area contributed by atoms with E-state index in [1.165, 1.54) is 0 Å². The highest BCUT2D eigenvalue weighted by Gasteiger charge is 2.48. The molecule has 1 heterocycles. The first-order valence-corrected chi connectivity index (χ1v) is 12.7. The largest absolute Gasteiger partial charge is 0.497 e. The van der Waals surface area contributed by atoms with Gasteiger partial charge in [-0.3, -0.25) is 4.79 Å². The Balaban J connectivity index is 1.69. The SMILES string of the molecule is CCCOc1ccc2c(c1)[C@H](c1ccc(OC)cc1OCCC)[C@@H](C(=O)O)[C@@H]2c1ccc2c(c1)OCO2. The number of fused-ring (bicyclic) bond motifs is 2. The van der Waals surface area contributed by atoms with Gasteiger partial charge in [-0.1, -0.05) is 32.0 Å². The molecule has 1 aliphatic carbocycles. The second-order valence-electron chi connectivity index (χ2n) is 9.32. The van der Waals surface area contributed by atoms with E-state index in [0.29, 0.717) is 36.2 Å². The van der Waals surface area contributed by atoms with Gasteiger partial charge in [0.2, 0.25) is 6.79 Å². The van der Waals surface area contributed by atoms with E-state index in [1.54, 1.807) is 7.11 Å². The molecule has 0 fully saturated rings. The van der Waals surface area contributed by atoms with Gasteiger partial charge < -0.3 is 28.8 Å². The van der Waals surface area contributed by atoms with Crippen LogP contribution in [0.4, 0.5) is 0 Å². The quantitative estimate of drug-likeness (QED) is 0.364. The van der Waals surface area contributed by atoms with E-state index < -0.39 is 23.7 Å². The fourth-order valence-corrected chi connectivity index (χ4v) is 5.37.